The predicted molar refractivity (Wildman–Crippen MR) is 75.5 cm³/mol. The summed E-state index contributed by atoms with van der Waals surface area (Å²) in [6, 6.07) is 6.00. The van der Waals surface area contributed by atoms with Crippen LogP contribution in [-0.2, 0) is 6.54 Å². The fourth-order valence-electron chi connectivity index (χ4n) is 2.90. The molecule has 100 valence electrons. The Morgan fingerprint density at radius 2 is 2.00 bits per heavy atom. The summed E-state index contributed by atoms with van der Waals surface area (Å²) < 4.78 is 0. The molecule has 0 atom stereocenters. The van der Waals surface area contributed by atoms with Crippen LogP contribution in [0.5, 0.6) is 5.75 Å². The topological polar surface area (TPSA) is 49.5 Å². The minimum Gasteiger partial charge on any atom is -0.508 e. The fourth-order valence-corrected chi connectivity index (χ4v) is 2.90. The molecule has 0 aromatic heterocycles. The van der Waals surface area contributed by atoms with Gasteiger partial charge in [-0.25, -0.2) is 0 Å². The van der Waals surface area contributed by atoms with Gasteiger partial charge in [0.2, 0.25) is 0 Å². The molecule has 1 aliphatic carbocycles. The number of rotatable bonds is 4. The maximum Gasteiger partial charge on any atom is 0.120 e. The van der Waals surface area contributed by atoms with Crippen molar-refractivity contribution in [3.8, 4) is 5.75 Å². The quantitative estimate of drug-likeness (QED) is 0.636. The molecule has 18 heavy (non-hydrogen) atoms. The van der Waals surface area contributed by atoms with Gasteiger partial charge in [-0.1, -0.05) is 26.2 Å². The third kappa shape index (κ3) is 3.16. The Morgan fingerprint density at radius 3 is 2.67 bits per heavy atom. The van der Waals surface area contributed by atoms with Crippen molar-refractivity contribution in [3.63, 3.8) is 0 Å². The van der Waals surface area contributed by atoms with Gasteiger partial charge in [0.25, 0.3) is 0 Å². The molecule has 1 fully saturated rings. The molecule has 2 rings (SSSR count). The molecule has 3 nitrogen and oxygen atoms in total. The first-order valence-electron chi connectivity index (χ1n) is 7.02. The number of hydrogen-bond acceptors (Lipinski definition) is 3. The first-order chi connectivity index (χ1) is 8.70. The molecule has 0 amide bonds. The van der Waals surface area contributed by atoms with Gasteiger partial charge in [-0.05, 0) is 37.6 Å². The van der Waals surface area contributed by atoms with Gasteiger partial charge < -0.3 is 10.8 Å². The van der Waals surface area contributed by atoms with Crippen molar-refractivity contribution in [1.29, 1.82) is 0 Å². The van der Waals surface area contributed by atoms with Crippen molar-refractivity contribution in [2.45, 2.75) is 51.6 Å². The van der Waals surface area contributed by atoms with Crippen LogP contribution in [0.3, 0.4) is 0 Å². The maximum atomic E-state index is 9.90. The molecule has 1 aromatic carbocycles. The van der Waals surface area contributed by atoms with Crippen LogP contribution in [0, 0.1) is 0 Å². The maximum absolute atomic E-state index is 9.90. The van der Waals surface area contributed by atoms with Crippen LogP contribution in [0.15, 0.2) is 18.2 Å². The Morgan fingerprint density at radius 1 is 1.28 bits per heavy atom. The van der Waals surface area contributed by atoms with E-state index in [0.717, 1.165) is 24.3 Å². The number of anilines is 1. The summed E-state index contributed by atoms with van der Waals surface area (Å²) in [5.41, 5.74) is 7.46. The van der Waals surface area contributed by atoms with Gasteiger partial charge in [0.15, 0.2) is 0 Å². The van der Waals surface area contributed by atoms with Gasteiger partial charge in [0.1, 0.15) is 5.75 Å². The number of phenolic OH excluding ortho intramolecular Hbond substituents is 1. The van der Waals surface area contributed by atoms with Crippen LogP contribution < -0.4 is 5.73 Å². The highest BCUT2D eigenvalue weighted by Crippen LogP contribution is 2.27. The second kappa shape index (κ2) is 6.10. The lowest BCUT2D eigenvalue weighted by Gasteiger charge is -2.33. The monoisotopic (exact) mass is 248 g/mol. The molecule has 3 N–H and O–H groups in total. The Bertz CT molecular complexity index is 386. The highest BCUT2D eigenvalue weighted by Gasteiger charge is 2.20. The van der Waals surface area contributed by atoms with Crippen LogP contribution >= 0.6 is 0 Å². The number of aromatic hydroxyl groups is 1. The van der Waals surface area contributed by atoms with Gasteiger partial charge in [0, 0.05) is 23.8 Å². The summed E-state index contributed by atoms with van der Waals surface area (Å²) in [5, 5.41) is 9.90. The van der Waals surface area contributed by atoms with Crippen LogP contribution in [0.25, 0.3) is 0 Å². The van der Waals surface area contributed by atoms with Gasteiger partial charge >= 0.3 is 0 Å². The Hall–Kier alpha value is -1.22. The van der Waals surface area contributed by atoms with E-state index < -0.39 is 0 Å². The van der Waals surface area contributed by atoms with E-state index in [0.29, 0.717) is 11.8 Å². The van der Waals surface area contributed by atoms with E-state index in [1.54, 1.807) is 12.1 Å². The second-order valence-electron chi connectivity index (χ2n) is 5.24. The lowest BCUT2D eigenvalue weighted by Crippen LogP contribution is -2.36. The average Bonchev–Trinajstić information content (AvgIpc) is 2.41. The van der Waals surface area contributed by atoms with Crippen LogP contribution in [0.2, 0.25) is 0 Å². The third-order valence-electron chi connectivity index (χ3n) is 3.97. The van der Waals surface area contributed by atoms with E-state index in [9.17, 15) is 5.11 Å². The number of nitrogen functional groups attached to an aromatic ring is 1. The van der Waals surface area contributed by atoms with Crippen LogP contribution in [-0.4, -0.2) is 22.6 Å². The summed E-state index contributed by atoms with van der Waals surface area (Å²) in [5.74, 6) is 0.360. The summed E-state index contributed by atoms with van der Waals surface area (Å²) in [6.45, 7) is 4.02. The molecule has 0 aliphatic heterocycles. The van der Waals surface area contributed by atoms with E-state index in [2.05, 4.69) is 11.8 Å². The zero-order chi connectivity index (χ0) is 13.0. The van der Waals surface area contributed by atoms with Crippen LogP contribution in [0.4, 0.5) is 5.69 Å². The van der Waals surface area contributed by atoms with Crippen molar-refractivity contribution in [2.75, 3.05) is 12.3 Å². The van der Waals surface area contributed by atoms with Crippen molar-refractivity contribution < 1.29 is 5.11 Å². The molecule has 1 saturated carbocycles. The highest BCUT2D eigenvalue weighted by molar-refractivity contribution is 5.47. The highest BCUT2D eigenvalue weighted by atomic mass is 16.3. The van der Waals surface area contributed by atoms with Crippen LogP contribution in [0.1, 0.15) is 44.6 Å². The number of hydrogen-bond donors (Lipinski definition) is 2. The van der Waals surface area contributed by atoms with Crippen molar-refractivity contribution in [3.05, 3.63) is 23.8 Å². The molecule has 1 aliphatic rings. The molecule has 0 spiro atoms. The summed E-state index contributed by atoms with van der Waals surface area (Å²) in [6.07, 6.45) is 6.62. The van der Waals surface area contributed by atoms with E-state index in [1.807, 2.05) is 6.07 Å². The normalized spacial score (nSPS) is 17.2. The van der Waals surface area contributed by atoms with Gasteiger partial charge in [0.05, 0.1) is 0 Å². The Balaban J connectivity index is 2.06. The summed E-state index contributed by atoms with van der Waals surface area (Å²) in [7, 11) is 0. The lowest BCUT2D eigenvalue weighted by atomic mass is 9.94. The van der Waals surface area contributed by atoms with E-state index in [-0.39, 0.29) is 0 Å². The van der Waals surface area contributed by atoms with Crippen molar-refractivity contribution in [2.24, 2.45) is 0 Å². The third-order valence-corrected chi connectivity index (χ3v) is 3.97. The average molecular weight is 248 g/mol. The largest absolute Gasteiger partial charge is 0.508 e. The fraction of sp³-hybridized carbons (Fsp3) is 0.600. The smallest absolute Gasteiger partial charge is 0.120 e. The van der Waals surface area contributed by atoms with Gasteiger partial charge in [-0.3, -0.25) is 4.90 Å². The minimum absolute atomic E-state index is 0.360. The first kappa shape index (κ1) is 13.2. The summed E-state index contributed by atoms with van der Waals surface area (Å²) in [4.78, 5) is 2.47. The minimum atomic E-state index is 0.360. The molecule has 0 bridgehead atoms. The molecule has 0 unspecified atom stereocenters. The van der Waals surface area contributed by atoms with Crippen molar-refractivity contribution in [1.82, 2.24) is 4.90 Å². The van der Waals surface area contributed by atoms with Gasteiger partial charge in [-0.15, -0.1) is 0 Å². The standard InChI is InChI=1S/C15H24N2O/c1-2-17(14-6-4-3-5-7-14)11-12-10-13(16)8-9-15(12)18/h8-10,14,18H,2-7,11,16H2,1H3. The Labute approximate surface area is 110 Å². The lowest BCUT2D eigenvalue weighted by molar-refractivity contribution is 0.154. The molecule has 0 radical (unpaired) electrons. The molecular formula is C15H24N2O. The molecule has 0 saturated heterocycles. The summed E-state index contributed by atoms with van der Waals surface area (Å²) >= 11 is 0. The molecular weight excluding hydrogens is 224 g/mol. The molecule has 3 heteroatoms. The first-order valence-corrected chi connectivity index (χ1v) is 7.02. The number of nitrogens with two attached hydrogens (primary N) is 1. The number of benzene rings is 1. The zero-order valence-electron chi connectivity index (χ0n) is 11.2. The zero-order valence-corrected chi connectivity index (χ0v) is 11.2. The molecule has 1 aromatic rings. The Kier molecular flexibility index (Phi) is 4.48. The van der Waals surface area contributed by atoms with E-state index in [4.69, 9.17) is 5.73 Å². The predicted octanol–water partition coefficient (Wildman–Crippen LogP) is 3.13. The number of phenols is 1. The molecule has 0 heterocycles. The second-order valence-corrected chi connectivity index (χ2v) is 5.24. The van der Waals surface area contributed by atoms with E-state index >= 15 is 0 Å². The van der Waals surface area contributed by atoms with Crippen molar-refractivity contribution >= 4 is 5.69 Å². The SMILES string of the molecule is CCN(Cc1cc(N)ccc1O)C1CCCCC1. The number of nitrogens with zero attached hydrogens (tertiary/aromatic N) is 1. The van der Waals surface area contributed by atoms with Gasteiger partial charge in [-0.2, -0.15) is 0 Å². The van der Waals surface area contributed by atoms with E-state index in [1.165, 1.54) is 32.1 Å².